The van der Waals surface area contributed by atoms with Gasteiger partial charge in [0.1, 0.15) is 5.82 Å². The van der Waals surface area contributed by atoms with Crippen LogP contribution in [0.1, 0.15) is 10.4 Å². The quantitative estimate of drug-likeness (QED) is 0.795. The fourth-order valence-corrected chi connectivity index (χ4v) is 3.41. The van der Waals surface area contributed by atoms with Gasteiger partial charge in [0.2, 0.25) is 10.0 Å². The molecular formula is C15H13BrClFN2O3S. The second kappa shape index (κ2) is 7.18. The molecule has 0 spiro atoms. The summed E-state index contributed by atoms with van der Waals surface area (Å²) in [7, 11) is -0.924. The van der Waals surface area contributed by atoms with Crippen molar-refractivity contribution in [3.63, 3.8) is 0 Å². The summed E-state index contributed by atoms with van der Waals surface area (Å²) in [6.07, 6.45) is 0. The molecule has 0 aliphatic heterocycles. The van der Waals surface area contributed by atoms with Crippen molar-refractivity contribution in [1.82, 2.24) is 4.31 Å². The van der Waals surface area contributed by atoms with E-state index in [4.69, 9.17) is 11.6 Å². The molecule has 0 saturated heterocycles. The van der Waals surface area contributed by atoms with Crippen molar-refractivity contribution in [3.05, 3.63) is 57.3 Å². The number of nitrogens with zero attached hydrogens (tertiary/aromatic N) is 1. The molecule has 128 valence electrons. The molecule has 9 heteroatoms. The molecule has 0 aliphatic carbocycles. The van der Waals surface area contributed by atoms with E-state index in [0.717, 1.165) is 4.31 Å². The van der Waals surface area contributed by atoms with E-state index < -0.39 is 21.7 Å². The van der Waals surface area contributed by atoms with Crippen LogP contribution in [0.5, 0.6) is 0 Å². The number of halogens is 3. The molecule has 2 rings (SSSR count). The van der Waals surface area contributed by atoms with Crippen molar-refractivity contribution < 1.29 is 17.6 Å². The first-order valence-corrected chi connectivity index (χ1v) is 9.22. The van der Waals surface area contributed by atoms with Crippen molar-refractivity contribution in [1.29, 1.82) is 0 Å². The Kier molecular flexibility index (Phi) is 5.64. The maximum atomic E-state index is 13.1. The minimum absolute atomic E-state index is 0.00387. The van der Waals surface area contributed by atoms with Crippen LogP contribution in [0.4, 0.5) is 10.1 Å². The number of carbonyl (C=O) groups is 1. The first-order chi connectivity index (χ1) is 11.1. The molecular weight excluding hydrogens is 423 g/mol. The lowest BCUT2D eigenvalue weighted by molar-refractivity contribution is 0.102. The van der Waals surface area contributed by atoms with E-state index in [9.17, 15) is 17.6 Å². The first-order valence-electron chi connectivity index (χ1n) is 6.61. The maximum absolute atomic E-state index is 13.1. The number of sulfonamides is 1. The number of hydrogen-bond acceptors (Lipinski definition) is 3. The topological polar surface area (TPSA) is 66.5 Å². The Morgan fingerprint density at radius 2 is 1.88 bits per heavy atom. The average molecular weight is 436 g/mol. The third kappa shape index (κ3) is 3.94. The van der Waals surface area contributed by atoms with Gasteiger partial charge in [0.05, 0.1) is 21.2 Å². The normalized spacial score (nSPS) is 11.6. The fraction of sp³-hybridized carbons (Fsp3) is 0.133. The Morgan fingerprint density at radius 1 is 1.21 bits per heavy atom. The predicted octanol–water partition coefficient (Wildman–Crippen LogP) is 3.74. The van der Waals surface area contributed by atoms with Crippen LogP contribution in [0.25, 0.3) is 0 Å². The SMILES string of the molecule is CN(C)S(=O)(=O)c1ccc(Cl)c(C(=O)Nc2ccc(F)cc2Br)c1. The molecule has 0 bridgehead atoms. The van der Waals surface area contributed by atoms with Gasteiger partial charge in [-0.05, 0) is 52.3 Å². The lowest BCUT2D eigenvalue weighted by Gasteiger charge is -2.13. The smallest absolute Gasteiger partial charge is 0.257 e. The van der Waals surface area contributed by atoms with Crippen molar-refractivity contribution in [2.75, 3.05) is 19.4 Å². The van der Waals surface area contributed by atoms with Crippen LogP contribution in [0.3, 0.4) is 0 Å². The monoisotopic (exact) mass is 434 g/mol. The summed E-state index contributed by atoms with van der Waals surface area (Å²) in [4.78, 5) is 12.3. The standard InChI is InChI=1S/C15H13BrClFN2O3S/c1-20(2)24(22,23)10-4-5-13(17)11(8-10)15(21)19-14-6-3-9(18)7-12(14)16/h3-8H,1-2H3,(H,19,21). The molecule has 0 radical (unpaired) electrons. The number of nitrogens with one attached hydrogen (secondary N) is 1. The number of anilines is 1. The van der Waals surface area contributed by atoms with Crippen molar-refractivity contribution in [2.45, 2.75) is 4.90 Å². The predicted molar refractivity (Wildman–Crippen MR) is 94.4 cm³/mol. The minimum atomic E-state index is -3.70. The zero-order valence-electron chi connectivity index (χ0n) is 12.7. The highest BCUT2D eigenvalue weighted by Gasteiger charge is 2.21. The van der Waals surface area contributed by atoms with Gasteiger partial charge in [-0.2, -0.15) is 0 Å². The van der Waals surface area contributed by atoms with Crippen LogP contribution in [0.2, 0.25) is 5.02 Å². The summed E-state index contributed by atoms with van der Waals surface area (Å²) in [5, 5.41) is 2.66. The molecule has 1 N–H and O–H groups in total. The molecule has 0 unspecified atom stereocenters. The molecule has 0 saturated carbocycles. The number of amides is 1. The lowest BCUT2D eigenvalue weighted by Crippen LogP contribution is -2.23. The van der Waals surface area contributed by atoms with Crippen LogP contribution >= 0.6 is 27.5 Å². The van der Waals surface area contributed by atoms with Crippen molar-refractivity contribution in [3.8, 4) is 0 Å². The summed E-state index contributed by atoms with van der Waals surface area (Å²) in [6.45, 7) is 0. The largest absolute Gasteiger partial charge is 0.321 e. The lowest BCUT2D eigenvalue weighted by atomic mass is 10.2. The van der Waals surface area contributed by atoms with E-state index in [1.807, 2.05) is 0 Å². The summed E-state index contributed by atoms with van der Waals surface area (Å²) in [5.41, 5.74) is 0.328. The second-order valence-electron chi connectivity index (χ2n) is 5.01. The van der Waals surface area contributed by atoms with Gasteiger partial charge in [-0.1, -0.05) is 11.6 Å². The number of rotatable bonds is 4. The minimum Gasteiger partial charge on any atom is -0.321 e. The van der Waals surface area contributed by atoms with E-state index in [0.29, 0.717) is 10.2 Å². The van der Waals surface area contributed by atoms with Gasteiger partial charge >= 0.3 is 0 Å². The number of benzene rings is 2. The van der Waals surface area contributed by atoms with Crippen molar-refractivity contribution in [2.24, 2.45) is 0 Å². The zero-order chi connectivity index (χ0) is 18.1. The number of carbonyl (C=O) groups excluding carboxylic acids is 1. The van der Waals surface area contributed by atoms with E-state index >= 15 is 0 Å². The Balaban J connectivity index is 2.39. The summed E-state index contributed by atoms with van der Waals surface area (Å²) >= 11 is 9.15. The molecule has 24 heavy (non-hydrogen) atoms. The van der Waals surface area contributed by atoms with Gasteiger partial charge in [0.15, 0.2) is 0 Å². The van der Waals surface area contributed by atoms with Gasteiger partial charge < -0.3 is 5.32 Å². The van der Waals surface area contributed by atoms with Gasteiger partial charge in [-0.15, -0.1) is 0 Å². The maximum Gasteiger partial charge on any atom is 0.257 e. The Labute approximate surface area is 152 Å². The van der Waals surface area contributed by atoms with E-state index in [1.165, 1.54) is 50.5 Å². The molecule has 2 aromatic carbocycles. The van der Waals surface area contributed by atoms with Gasteiger partial charge in [-0.3, -0.25) is 4.79 Å². The van der Waals surface area contributed by atoms with E-state index in [1.54, 1.807) is 0 Å². The summed E-state index contributed by atoms with van der Waals surface area (Å²) in [5.74, 6) is -1.07. The summed E-state index contributed by atoms with van der Waals surface area (Å²) < 4.78 is 38.8. The van der Waals surface area contributed by atoms with Crippen LogP contribution in [-0.4, -0.2) is 32.7 Å². The van der Waals surface area contributed by atoms with Crippen LogP contribution < -0.4 is 5.32 Å². The highest BCUT2D eigenvalue weighted by molar-refractivity contribution is 9.10. The molecule has 0 aromatic heterocycles. The summed E-state index contributed by atoms with van der Waals surface area (Å²) in [6, 6.07) is 7.63. The third-order valence-corrected chi connectivity index (χ3v) is 5.94. The Hall–Kier alpha value is -1.48. The average Bonchev–Trinajstić information content (AvgIpc) is 2.50. The molecule has 0 heterocycles. The van der Waals surface area contributed by atoms with Crippen LogP contribution in [-0.2, 0) is 10.0 Å². The van der Waals surface area contributed by atoms with Crippen molar-refractivity contribution >= 4 is 49.1 Å². The van der Waals surface area contributed by atoms with Gasteiger partial charge in [-0.25, -0.2) is 17.1 Å². The molecule has 0 aliphatic rings. The molecule has 0 atom stereocenters. The Bertz CT molecular complexity index is 904. The molecule has 2 aromatic rings. The fourth-order valence-electron chi connectivity index (χ4n) is 1.83. The highest BCUT2D eigenvalue weighted by Crippen LogP contribution is 2.26. The second-order valence-corrected chi connectivity index (χ2v) is 8.42. The van der Waals surface area contributed by atoms with E-state index in [2.05, 4.69) is 21.2 Å². The van der Waals surface area contributed by atoms with Gasteiger partial charge in [0, 0.05) is 18.6 Å². The van der Waals surface area contributed by atoms with Crippen LogP contribution in [0.15, 0.2) is 45.8 Å². The van der Waals surface area contributed by atoms with Crippen LogP contribution in [0, 0.1) is 5.82 Å². The first kappa shape index (κ1) is 18.9. The van der Waals surface area contributed by atoms with Gasteiger partial charge in [0.25, 0.3) is 5.91 Å². The highest BCUT2D eigenvalue weighted by atomic mass is 79.9. The molecule has 0 fully saturated rings. The Morgan fingerprint density at radius 3 is 2.46 bits per heavy atom. The van der Waals surface area contributed by atoms with E-state index in [-0.39, 0.29) is 15.5 Å². The number of hydrogen-bond donors (Lipinski definition) is 1. The molecule has 5 nitrogen and oxygen atoms in total. The zero-order valence-corrected chi connectivity index (χ0v) is 15.8. The molecule has 1 amide bonds. The third-order valence-electron chi connectivity index (χ3n) is 3.14.